The van der Waals surface area contributed by atoms with Crippen molar-refractivity contribution in [2.75, 3.05) is 18.8 Å². The minimum atomic E-state index is -4.82. The molecule has 224 valence electrons. The lowest BCUT2D eigenvalue weighted by Gasteiger charge is -2.34. The molecule has 5 rings (SSSR count). The van der Waals surface area contributed by atoms with Crippen LogP contribution in [0.3, 0.4) is 0 Å². The molecule has 1 aliphatic heterocycles. The predicted octanol–water partition coefficient (Wildman–Crippen LogP) is 7.27. The van der Waals surface area contributed by atoms with Crippen LogP contribution in [0.2, 0.25) is 0 Å². The summed E-state index contributed by atoms with van der Waals surface area (Å²) < 4.78 is 89.9. The lowest BCUT2D eigenvalue weighted by atomic mass is 9.97. The van der Waals surface area contributed by atoms with Crippen molar-refractivity contribution in [1.82, 2.24) is 15.2 Å². The summed E-state index contributed by atoms with van der Waals surface area (Å²) in [4.78, 5) is 17.8. The molecule has 0 unspecified atom stereocenters. The third-order valence-electron chi connectivity index (χ3n) is 7.14. The van der Waals surface area contributed by atoms with Crippen molar-refractivity contribution in [3.63, 3.8) is 0 Å². The van der Waals surface area contributed by atoms with Crippen LogP contribution in [0.1, 0.15) is 35.3 Å². The number of piperidine rings is 1. The van der Waals surface area contributed by atoms with Gasteiger partial charge in [0.2, 0.25) is 5.91 Å². The van der Waals surface area contributed by atoms with Gasteiger partial charge in [0.15, 0.2) is 0 Å². The number of alkyl halides is 5. The Bertz CT molecular complexity index is 1700. The van der Waals surface area contributed by atoms with Crippen molar-refractivity contribution in [2.45, 2.75) is 31.5 Å². The van der Waals surface area contributed by atoms with Crippen LogP contribution in [0.25, 0.3) is 33.9 Å². The molecular weight excluding hydrogens is 574 g/mol. The topological polar surface area (TPSA) is 84.4 Å². The number of nitrogen functional groups attached to an aromatic ring is 1. The maximum Gasteiger partial charge on any atom is 0.420 e. The molecule has 2 aromatic heterocycles. The van der Waals surface area contributed by atoms with E-state index in [0.29, 0.717) is 22.6 Å². The van der Waals surface area contributed by atoms with Gasteiger partial charge in [-0.05, 0) is 53.6 Å². The van der Waals surface area contributed by atoms with Crippen LogP contribution in [-0.4, -0.2) is 34.8 Å². The number of rotatable bonds is 7. The fourth-order valence-electron chi connectivity index (χ4n) is 4.80. The number of benzene rings is 2. The average molecular weight is 601 g/mol. The molecule has 0 atom stereocenters. The molecule has 1 saturated heterocycles. The highest BCUT2D eigenvalue weighted by atomic mass is 19.4. The number of nitrogens with one attached hydrogen (secondary N) is 1. The summed E-state index contributed by atoms with van der Waals surface area (Å²) >= 11 is 0. The first-order valence-corrected chi connectivity index (χ1v) is 13.2. The molecule has 12 heteroatoms. The van der Waals surface area contributed by atoms with Crippen LogP contribution in [0.5, 0.6) is 0 Å². The van der Waals surface area contributed by atoms with Crippen LogP contribution in [0.4, 0.5) is 32.2 Å². The lowest BCUT2D eigenvalue weighted by molar-refractivity contribution is -0.136. The largest absolute Gasteiger partial charge is 0.459 e. The highest BCUT2D eigenvalue weighted by Gasteiger charge is 2.36. The van der Waals surface area contributed by atoms with E-state index in [1.165, 1.54) is 42.6 Å². The van der Waals surface area contributed by atoms with Gasteiger partial charge in [-0.1, -0.05) is 18.7 Å². The van der Waals surface area contributed by atoms with Crippen molar-refractivity contribution < 1.29 is 35.6 Å². The van der Waals surface area contributed by atoms with Crippen LogP contribution >= 0.6 is 0 Å². The van der Waals surface area contributed by atoms with Gasteiger partial charge in [-0.3, -0.25) is 4.79 Å². The van der Waals surface area contributed by atoms with E-state index >= 15 is 4.39 Å². The van der Waals surface area contributed by atoms with Crippen molar-refractivity contribution >= 4 is 34.5 Å². The zero-order valence-corrected chi connectivity index (χ0v) is 22.6. The van der Waals surface area contributed by atoms with E-state index in [2.05, 4.69) is 16.9 Å². The summed E-state index contributed by atoms with van der Waals surface area (Å²) in [5.41, 5.74) is 5.16. The summed E-state index contributed by atoms with van der Waals surface area (Å²) in [7, 11) is 0. The number of aromatic nitrogens is 1. The minimum absolute atomic E-state index is 0.0384. The zero-order chi connectivity index (χ0) is 30.9. The van der Waals surface area contributed by atoms with Crippen LogP contribution in [-0.2, 0) is 17.5 Å². The second-order valence-electron chi connectivity index (χ2n) is 10.2. The van der Waals surface area contributed by atoms with Gasteiger partial charge in [-0.25, -0.2) is 18.2 Å². The molecule has 1 amide bonds. The van der Waals surface area contributed by atoms with Crippen molar-refractivity contribution in [2.24, 2.45) is 0 Å². The SMILES string of the molecule is C=C(c1ccc(-c2cc(C(F)(F)F)c3oc(CNC(=O)/C=C/c4ccc(N)nc4)cc3c2)c(F)c1)N1CCC(F)(F)CC1. The molecule has 4 aromatic rings. The van der Waals surface area contributed by atoms with E-state index in [0.717, 1.165) is 12.1 Å². The number of carbonyl (C=O) groups excluding carboxylic acids is 1. The van der Waals surface area contributed by atoms with E-state index in [9.17, 15) is 26.7 Å². The number of halogens is 6. The fourth-order valence-corrected chi connectivity index (χ4v) is 4.80. The summed E-state index contributed by atoms with van der Waals surface area (Å²) in [6, 6.07) is 10.7. The molecule has 1 fully saturated rings. The number of nitrogens with zero attached hydrogens (tertiary/aromatic N) is 2. The van der Waals surface area contributed by atoms with Crippen molar-refractivity contribution in [3.8, 4) is 11.1 Å². The molecule has 0 bridgehead atoms. The number of hydrogen-bond acceptors (Lipinski definition) is 5. The van der Waals surface area contributed by atoms with Crippen molar-refractivity contribution in [1.29, 1.82) is 0 Å². The third-order valence-corrected chi connectivity index (χ3v) is 7.14. The molecule has 3 heterocycles. The van der Waals surface area contributed by atoms with E-state index in [1.54, 1.807) is 17.0 Å². The molecule has 3 N–H and O–H groups in total. The third kappa shape index (κ3) is 6.85. The maximum absolute atomic E-state index is 15.3. The average Bonchev–Trinajstić information content (AvgIpc) is 3.37. The number of pyridine rings is 1. The minimum Gasteiger partial charge on any atom is -0.459 e. The van der Waals surface area contributed by atoms with Crippen LogP contribution in [0, 0.1) is 5.82 Å². The van der Waals surface area contributed by atoms with Crippen molar-refractivity contribution in [3.05, 3.63) is 95.7 Å². The van der Waals surface area contributed by atoms with Gasteiger partial charge in [-0.2, -0.15) is 13.2 Å². The highest BCUT2D eigenvalue weighted by molar-refractivity contribution is 5.92. The highest BCUT2D eigenvalue weighted by Crippen LogP contribution is 2.40. The monoisotopic (exact) mass is 600 g/mol. The number of fused-ring (bicyclic) bond motifs is 1. The molecular formula is C31H26F6N4O2. The van der Waals surface area contributed by atoms with E-state index < -0.39 is 35.0 Å². The Hall–Kier alpha value is -4.74. The Kier molecular flexibility index (Phi) is 7.96. The Labute approximate surface area is 242 Å². The second-order valence-corrected chi connectivity index (χ2v) is 10.2. The quantitative estimate of drug-likeness (QED) is 0.172. The van der Waals surface area contributed by atoms with Gasteiger partial charge in [-0.15, -0.1) is 0 Å². The lowest BCUT2D eigenvalue weighted by Crippen LogP contribution is -2.38. The Morgan fingerprint density at radius 2 is 1.86 bits per heavy atom. The molecule has 6 nitrogen and oxygen atoms in total. The molecule has 0 saturated carbocycles. The van der Waals surface area contributed by atoms with Gasteiger partial charge < -0.3 is 20.4 Å². The number of hydrogen-bond donors (Lipinski definition) is 2. The fraction of sp³-hybridized carbons (Fsp3) is 0.226. The Morgan fingerprint density at radius 3 is 2.51 bits per heavy atom. The second kappa shape index (κ2) is 11.5. The van der Waals surface area contributed by atoms with Crippen LogP contribution in [0.15, 0.2) is 71.8 Å². The molecule has 43 heavy (non-hydrogen) atoms. The standard InChI is InChI=1S/C31H26F6N4O2/c1-18(41-10-8-30(33,34)9-11-41)20-4-5-24(26(32)15-20)21-12-22-13-23(43-29(22)25(14-21)31(35,36)37)17-40-28(42)7-3-19-2-6-27(38)39-16-19/h2-7,12-16H,1,8-11,17H2,(H2,38,39)(H,40,42)/b7-3+. The molecule has 1 aliphatic rings. The van der Waals surface area contributed by atoms with Crippen LogP contribution < -0.4 is 11.1 Å². The van der Waals surface area contributed by atoms with E-state index in [4.69, 9.17) is 10.2 Å². The Balaban J connectivity index is 1.36. The van der Waals surface area contributed by atoms with Gasteiger partial charge in [0, 0.05) is 60.4 Å². The van der Waals surface area contributed by atoms with Gasteiger partial charge in [0.25, 0.3) is 5.92 Å². The first kappa shape index (κ1) is 29.7. The number of furan rings is 1. The molecule has 0 radical (unpaired) electrons. The zero-order valence-electron chi connectivity index (χ0n) is 22.6. The number of anilines is 1. The van der Waals surface area contributed by atoms with Gasteiger partial charge >= 0.3 is 6.18 Å². The van der Waals surface area contributed by atoms with E-state index in [1.807, 2.05) is 0 Å². The summed E-state index contributed by atoms with van der Waals surface area (Å²) in [6.07, 6.45) is -1.31. The predicted molar refractivity (Wildman–Crippen MR) is 151 cm³/mol. The smallest absolute Gasteiger partial charge is 0.420 e. The Morgan fingerprint density at radius 1 is 1.12 bits per heavy atom. The summed E-state index contributed by atoms with van der Waals surface area (Å²) in [5.74, 6) is -3.69. The first-order valence-electron chi connectivity index (χ1n) is 13.2. The first-order chi connectivity index (χ1) is 20.3. The van der Waals surface area contributed by atoms with Gasteiger partial charge in [0.1, 0.15) is 23.0 Å². The number of carbonyl (C=O) groups is 1. The normalized spacial score (nSPS) is 15.3. The summed E-state index contributed by atoms with van der Waals surface area (Å²) in [6.45, 7) is 3.82. The number of likely N-dealkylation sites (tertiary alicyclic amines) is 1. The molecule has 0 aliphatic carbocycles. The molecule has 2 aromatic carbocycles. The molecule has 0 spiro atoms. The number of nitrogens with two attached hydrogens (primary N) is 1. The van der Waals surface area contributed by atoms with E-state index in [-0.39, 0.29) is 54.7 Å². The van der Waals surface area contributed by atoms with Gasteiger partial charge in [0.05, 0.1) is 12.1 Å². The number of amides is 1. The maximum atomic E-state index is 15.3. The summed E-state index contributed by atoms with van der Waals surface area (Å²) in [5, 5.41) is 2.61.